The Hall–Kier alpha value is -2.88. The number of nitrogens with one attached hydrogen (secondary N) is 2. The molecule has 3 unspecified atom stereocenters. The lowest BCUT2D eigenvalue weighted by Gasteiger charge is -2.29. The van der Waals surface area contributed by atoms with Gasteiger partial charge in [-0.25, -0.2) is 8.78 Å². The molecule has 0 fully saturated rings. The monoisotopic (exact) mass is 588 g/mol. The van der Waals surface area contributed by atoms with Crippen LogP contribution in [0.15, 0.2) is 48.5 Å². The van der Waals surface area contributed by atoms with Crippen molar-refractivity contribution in [3.63, 3.8) is 0 Å². The molecule has 0 saturated carbocycles. The molecule has 2 aromatic carbocycles. The molecule has 2 aromatic rings. The first-order valence-corrected chi connectivity index (χ1v) is 15.2. The van der Waals surface area contributed by atoms with Crippen LogP contribution in [0.4, 0.5) is 8.78 Å². The van der Waals surface area contributed by atoms with Crippen LogP contribution in [0.25, 0.3) is 0 Å². The lowest BCUT2D eigenvalue weighted by atomic mass is 9.92. The second-order valence-corrected chi connectivity index (χ2v) is 12.0. The Kier molecular flexibility index (Phi) is 15.7. The zero-order valence-electron chi connectivity index (χ0n) is 25.5. The zero-order valence-corrected chi connectivity index (χ0v) is 25.5. The topological polar surface area (TPSA) is 119 Å². The molecule has 2 amide bonds. The van der Waals surface area contributed by atoms with Crippen molar-refractivity contribution >= 4 is 11.8 Å². The number of nitrogens with two attached hydrogens (primary N) is 2. The highest BCUT2D eigenvalue weighted by molar-refractivity contribution is 5.81. The minimum atomic E-state index is -0.799. The van der Waals surface area contributed by atoms with Crippen LogP contribution < -0.4 is 22.1 Å². The van der Waals surface area contributed by atoms with Gasteiger partial charge in [-0.1, -0.05) is 83.2 Å². The minimum absolute atomic E-state index is 0.0406. The first kappa shape index (κ1) is 35.3. The van der Waals surface area contributed by atoms with Crippen LogP contribution in [0.1, 0.15) is 76.8 Å². The maximum Gasteiger partial charge on any atom is 0.250 e. The van der Waals surface area contributed by atoms with E-state index in [4.69, 9.17) is 16.2 Å². The molecule has 42 heavy (non-hydrogen) atoms. The van der Waals surface area contributed by atoms with Gasteiger partial charge in [0.2, 0.25) is 5.91 Å². The number of carbonyl (C=O) groups excluding carboxylic acids is 2. The van der Waals surface area contributed by atoms with Gasteiger partial charge in [-0.15, -0.1) is 0 Å². The molecule has 6 N–H and O–H groups in total. The average Bonchev–Trinajstić information content (AvgIpc) is 2.94. The van der Waals surface area contributed by atoms with Crippen LogP contribution in [0.5, 0.6) is 0 Å². The van der Waals surface area contributed by atoms with Crippen LogP contribution >= 0.6 is 0 Å². The lowest BCUT2D eigenvalue weighted by molar-refractivity contribution is -0.134. The van der Waals surface area contributed by atoms with Crippen molar-refractivity contribution in [3.8, 4) is 0 Å². The van der Waals surface area contributed by atoms with Crippen LogP contribution in [0.3, 0.4) is 0 Å². The van der Waals surface area contributed by atoms with Gasteiger partial charge in [0.1, 0.15) is 11.6 Å². The first-order chi connectivity index (χ1) is 20.0. The number of rotatable bonds is 20. The number of hydrogen-bond donors (Lipinski definition) is 4. The van der Waals surface area contributed by atoms with Gasteiger partial charge in [0.15, 0.2) is 6.10 Å². The molecule has 7 nitrogen and oxygen atoms in total. The van der Waals surface area contributed by atoms with Crippen molar-refractivity contribution in [1.29, 1.82) is 0 Å². The number of halogens is 2. The number of unbranched alkanes of at least 4 members (excludes halogenated alkanes) is 5. The van der Waals surface area contributed by atoms with Gasteiger partial charge < -0.3 is 26.8 Å². The van der Waals surface area contributed by atoms with Crippen LogP contribution in [-0.4, -0.2) is 49.7 Å². The summed E-state index contributed by atoms with van der Waals surface area (Å²) in [6.45, 7) is 7.07. The van der Waals surface area contributed by atoms with E-state index in [2.05, 4.69) is 17.6 Å². The Morgan fingerprint density at radius 3 is 2.29 bits per heavy atom. The molecule has 0 bridgehead atoms. The van der Waals surface area contributed by atoms with Gasteiger partial charge in [-0.3, -0.25) is 9.59 Å². The predicted molar refractivity (Wildman–Crippen MR) is 164 cm³/mol. The quantitative estimate of drug-likeness (QED) is 0.166. The molecule has 0 saturated heterocycles. The largest absolute Gasteiger partial charge is 0.367 e. The maximum absolute atomic E-state index is 13.9. The molecule has 9 heteroatoms. The van der Waals surface area contributed by atoms with E-state index in [9.17, 15) is 18.4 Å². The van der Waals surface area contributed by atoms with E-state index in [0.29, 0.717) is 19.6 Å². The Morgan fingerprint density at radius 2 is 1.57 bits per heavy atom. The third-order valence-electron chi connectivity index (χ3n) is 7.20. The van der Waals surface area contributed by atoms with Crippen LogP contribution in [-0.2, 0) is 27.2 Å². The molecular weight excluding hydrogens is 538 g/mol. The van der Waals surface area contributed by atoms with Crippen molar-refractivity contribution in [2.75, 3.05) is 19.7 Å². The van der Waals surface area contributed by atoms with E-state index in [-0.39, 0.29) is 36.8 Å². The second kappa shape index (κ2) is 18.6. The van der Waals surface area contributed by atoms with E-state index in [1.54, 1.807) is 0 Å². The van der Waals surface area contributed by atoms with E-state index in [1.807, 2.05) is 44.2 Å². The van der Waals surface area contributed by atoms with Gasteiger partial charge in [0, 0.05) is 38.2 Å². The van der Waals surface area contributed by atoms with Crippen molar-refractivity contribution in [3.05, 3.63) is 71.3 Å². The van der Waals surface area contributed by atoms with Crippen molar-refractivity contribution < 1.29 is 23.1 Å². The summed E-state index contributed by atoms with van der Waals surface area (Å²) in [6.07, 6.45) is 6.41. The standard InChI is InChI=1S/C33H50F2N4O3/c1-4-5-6-7-8-12-17-42-31(29(37)18-24-13-10-9-11-14-24)32(41)39-23-33(2,3)22-38-30(40)21-27(36)20-25-19-26(34)15-16-28(25)35/h9-11,13-16,19,27,29,31H,4-8,12,17-18,20-23,36-37H2,1-3H3,(H,38,40)(H,39,41). The summed E-state index contributed by atoms with van der Waals surface area (Å²) in [5, 5.41) is 5.81. The van der Waals surface area contributed by atoms with Gasteiger partial charge in [-0.2, -0.15) is 0 Å². The predicted octanol–water partition coefficient (Wildman–Crippen LogP) is 4.80. The Balaban J connectivity index is 1.85. The Morgan fingerprint density at radius 1 is 0.905 bits per heavy atom. The summed E-state index contributed by atoms with van der Waals surface area (Å²) in [7, 11) is 0. The first-order valence-electron chi connectivity index (χ1n) is 15.2. The third-order valence-corrected chi connectivity index (χ3v) is 7.20. The fourth-order valence-corrected chi connectivity index (χ4v) is 4.67. The SMILES string of the molecule is CCCCCCCCOC(C(=O)NCC(C)(C)CNC(=O)CC(N)Cc1cc(F)ccc1F)C(N)Cc1ccccc1. The van der Waals surface area contributed by atoms with Gasteiger partial charge in [0.25, 0.3) is 5.91 Å². The number of amides is 2. The summed E-state index contributed by atoms with van der Waals surface area (Å²) in [4.78, 5) is 25.8. The highest BCUT2D eigenvalue weighted by atomic mass is 19.1. The van der Waals surface area contributed by atoms with E-state index in [1.165, 1.54) is 19.3 Å². The second-order valence-electron chi connectivity index (χ2n) is 12.0. The van der Waals surface area contributed by atoms with E-state index in [0.717, 1.165) is 43.0 Å². The molecular formula is C33H50F2N4O3. The van der Waals surface area contributed by atoms with E-state index < -0.39 is 35.2 Å². The van der Waals surface area contributed by atoms with Crippen molar-refractivity contribution in [1.82, 2.24) is 10.6 Å². The fraction of sp³-hybridized carbons (Fsp3) is 0.576. The summed E-state index contributed by atoms with van der Waals surface area (Å²) in [5.41, 5.74) is 13.2. The molecule has 2 rings (SSSR count). The molecule has 0 aliphatic carbocycles. The lowest BCUT2D eigenvalue weighted by Crippen LogP contribution is -2.52. The molecule has 3 atom stereocenters. The highest BCUT2D eigenvalue weighted by Crippen LogP contribution is 2.15. The molecule has 0 aliphatic rings. The maximum atomic E-state index is 13.9. The van der Waals surface area contributed by atoms with Crippen LogP contribution in [0, 0.1) is 17.0 Å². The fourth-order valence-electron chi connectivity index (χ4n) is 4.67. The average molecular weight is 589 g/mol. The van der Waals surface area contributed by atoms with Crippen molar-refractivity contribution in [2.45, 2.75) is 96.7 Å². The molecule has 0 heterocycles. The van der Waals surface area contributed by atoms with Gasteiger partial charge >= 0.3 is 0 Å². The molecule has 0 spiro atoms. The third kappa shape index (κ3) is 13.9. The van der Waals surface area contributed by atoms with Gasteiger partial charge in [-0.05, 0) is 54.0 Å². The number of benzene rings is 2. The normalized spacial score (nSPS) is 13.8. The Bertz CT molecular complexity index is 1080. The molecule has 0 radical (unpaired) electrons. The number of ether oxygens (including phenoxy) is 1. The smallest absolute Gasteiger partial charge is 0.250 e. The minimum Gasteiger partial charge on any atom is -0.367 e. The zero-order chi connectivity index (χ0) is 31.0. The van der Waals surface area contributed by atoms with E-state index >= 15 is 0 Å². The Labute approximate surface area is 250 Å². The molecule has 234 valence electrons. The highest BCUT2D eigenvalue weighted by Gasteiger charge is 2.29. The van der Waals surface area contributed by atoms with Crippen molar-refractivity contribution in [2.24, 2.45) is 16.9 Å². The summed E-state index contributed by atoms with van der Waals surface area (Å²) < 4.78 is 33.4. The summed E-state index contributed by atoms with van der Waals surface area (Å²) >= 11 is 0. The summed E-state index contributed by atoms with van der Waals surface area (Å²) in [5.74, 6) is -1.68. The number of carbonyl (C=O) groups is 2. The van der Waals surface area contributed by atoms with Gasteiger partial charge in [0.05, 0.1) is 0 Å². The number of hydrogen-bond acceptors (Lipinski definition) is 5. The molecule has 0 aliphatic heterocycles. The van der Waals surface area contributed by atoms with Crippen LogP contribution in [0.2, 0.25) is 0 Å². The summed E-state index contributed by atoms with van der Waals surface area (Å²) in [6, 6.07) is 11.8. The molecule has 0 aromatic heterocycles.